The van der Waals surface area contributed by atoms with Gasteiger partial charge in [-0.25, -0.2) is 4.39 Å². The van der Waals surface area contributed by atoms with Gasteiger partial charge in [0.15, 0.2) is 6.10 Å². The molecule has 0 spiro atoms. The minimum atomic E-state index is -0.548. The Morgan fingerprint density at radius 2 is 1.94 bits per heavy atom. The van der Waals surface area contributed by atoms with E-state index in [1.165, 1.54) is 24.3 Å². The summed E-state index contributed by atoms with van der Waals surface area (Å²) in [5.41, 5.74) is 0. The highest BCUT2D eigenvalue weighted by molar-refractivity contribution is 5.81. The topological polar surface area (TPSA) is 41.6 Å². The molecule has 1 heterocycles. The highest BCUT2D eigenvalue weighted by Crippen LogP contribution is 2.14. The van der Waals surface area contributed by atoms with Crippen LogP contribution in [0.15, 0.2) is 24.3 Å². The minimum Gasteiger partial charge on any atom is -0.481 e. The molecule has 1 atom stereocenters. The Bertz CT molecular complexity index is 402. The fourth-order valence-corrected chi connectivity index (χ4v) is 1.91. The van der Waals surface area contributed by atoms with Gasteiger partial charge in [0.25, 0.3) is 5.91 Å². The number of carbonyl (C=O) groups excluding carboxylic acids is 1. The Morgan fingerprint density at radius 1 is 1.33 bits per heavy atom. The van der Waals surface area contributed by atoms with Gasteiger partial charge < -0.3 is 15.0 Å². The monoisotopic (exact) mass is 252 g/mol. The van der Waals surface area contributed by atoms with Crippen LogP contribution in [0.1, 0.15) is 6.92 Å². The van der Waals surface area contributed by atoms with Gasteiger partial charge in [0.1, 0.15) is 11.6 Å². The third kappa shape index (κ3) is 3.20. The summed E-state index contributed by atoms with van der Waals surface area (Å²) >= 11 is 0. The molecule has 1 aliphatic rings. The predicted molar refractivity (Wildman–Crippen MR) is 65.9 cm³/mol. The molecule has 4 nitrogen and oxygen atoms in total. The molecule has 1 N–H and O–H groups in total. The van der Waals surface area contributed by atoms with Gasteiger partial charge in [-0.05, 0) is 31.2 Å². The lowest BCUT2D eigenvalue weighted by molar-refractivity contribution is -0.138. The summed E-state index contributed by atoms with van der Waals surface area (Å²) < 4.78 is 18.2. The van der Waals surface area contributed by atoms with Crippen molar-refractivity contribution >= 4 is 5.91 Å². The number of carbonyl (C=O) groups is 1. The largest absolute Gasteiger partial charge is 0.481 e. The Kier molecular flexibility index (Phi) is 4.15. The number of nitrogens with zero attached hydrogens (tertiary/aromatic N) is 1. The van der Waals surface area contributed by atoms with E-state index in [1.807, 2.05) is 0 Å². The van der Waals surface area contributed by atoms with E-state index in [9.17, 15) is 9.18 Å². The van der Waals surface area contributed by atoms with Gasteiger partial charge >= 0.3 is 0 Å². The minimum absolute atomic E-state index is 0.0270. The average molecular weight is 252 g/mol. The first kappa shape index (κ1) is 12.8. The molecule has 5 heteroatoms. The quantitative estimate of drug-likeness (QED) is 0.873. The SMILES string of the molecule is CC(Oc1ccc(F)cc1)C(=O)N1CCNCC1. The molecule has 1 fully saturated rings. The number of rotatable bonds is 3. The van der Waals surface area contributed by atoms with Crippen molar-refractivity contribution < 1.29 is 13.9 Å². The van der Waals surface area contributed by atoms with Crippen molar-refractivity contribution in [1.29, 1.82) is 0 Å². The van der Waals surface area contributed by atoms with Gasteiger partial charge in [-0.1, -0.05) is 0 Å². The maximum absolute atomic E-state index is 12.7. The van der Waals surface area contributed by atoms with Gasteiger partial charge in [-0.15, -0.1) is 0 Å². The molecule has 1 aliphatic heterocycles. The zero-order valence-corrected chi connectivity index (χ0v) is 10.4. The summed E-state index contributed by atoms with van der Waals surface area (Å²) in [6, 6.07) is 5.68. The van der Waals surface area contributed by atoms with Crippen LogP contribution >= 0.6 is 0 Å². The first-order valence-electron chi connectivity index (χ1n) is 6.08. The van der Waals surface area contributed by atoms with E-state index in [0.717, 1.165) is 13.1 Å². The van der Waals surface area contributed by atoms with Crippen LogP contribution in [0.4, 0.5) is 4.39 Å². The summed E-state index contributed by atoms with van der Waals surface area (Å²) in [6.07, 6.45) is -0.548. The molecule has 1 unspecified atom stereocenters. The van der Waals surface area contributed by atoms with Crippen molar-refractivity contribution in [3.8, 4) is 5.75 Å². The van der Waals surface area contributed by atoms with Crippen LogP contribution in [0.2, 0.25) is 0 Å². The smallest absolute Gasteiger partial charge is 0.263 e. The van der Waals surface area contributed by atoms with E-state index in [-0.39, 0.29) is 11.7 Å². The summed E-state index contributed by atoms with van der Waals surface area (Å²) in [5.74, 6) is 0.164. The normalized spacial score (nSPS) is 17.3. The highest BCUT2D eigenvalue weighted by atomic mass is 19.1. The zero-order valence-electron chi connectivity index (χ0n) is 10.4. The van der Waals surface area contributed by atoms with Gasteiger partial charge in [0.05, 0.1) is 0 Å². The summed E-state index contributed by atoms with van der Waals surface area (Å²) in [5, 5.41) is 3.19. The number of piperazine rings is 1. The molecule has 0 saturated carbocycles. The summed E-state index contributed by atoms with van der Waals surface area (Å²) in [7, 11) is 0. The van der Waals surface area contributed by atoms with Crippen molar-refractivity contribution in [3.63, 3.8) is 0 Å². The summed E-state index contributed by atoms with van der Waals surface area (Å²) in [4.78, 5) is 13.9. The van der Waals surface area contributed by atoms with Gasteiger partial charge in [0.2, 0.25) is 0 Å². The predicted octanol–water partition coefficient (Wildman–Crippen LogP) is 1.02. The second kappa shape index (κ2) is 5.82. The van der Waals surface area contributed by atoms with Crippen LogP contribution in [0.25, 0.3) is 0 Å². The van der Waals surface area contributed by atoms with Crippen molar-refractivity contribution in [2.45, 2.75) is 13.0 Å². The first-order chi connectivity index (χ1) is 8.66. The second-order valence-electron chi connectivity index (χ2n) is 4.29. The van der Waals surface area contributed by atoms with Crippen molar-refractivity contribution in [1.82, 2.24) is 10.2 Å². The van der Waals surface area contributed by atoms with Crippen LogP contribution in [-0.4, -0.2) is 43.1 Å². The van der Waals surface area contributed by atoms with Crippen LogP contribution in [0.5, 0.6) is 5.75 Å². The van der Waals surface area contributed by atoms with Crippen molar-refractivity contribution in [3.05, 3.63) is 30.1 Å². The summed E-state index contributed by atoms with van der Waals surface area (Å²) in [6.45, 7) is 4.75. The van der Waals surface area contributed by atoms with Gasteiger partial charge in [-0.3, -0.25) is 4.79 Å². The van der Waals surface area contributed by atoms with Gasteiger partial charge in [0, 0.05) is 26.2 Å². The van der Waals surface area contributed by atoms with E-state index in [1.54, 1.807) is 11.8 Å². The molecule has 18 heavy (non-hydrogen) atoms. The van der Waals surface area contributed by atoms with Crippen LogP contribution in [0.3, 0.4) is 0 Å². The number of benzene rings is 1. The van der Waals surface area contributed by atoms with E-state index < -0.39 is 6.10 Å². The molecule has 98 valence electrons. The van der Waals surface area contributed by atoms with Crippen LogP contribution < -0.4 is 10.1 Å². The van der Waals surface area contributed by atoms with Gasteiger partial charge in [-0.2, -0.15) is 0 Å². The Morgan fingerprint density at radius 3 is 2.56 bits per heavy atom. The third-order valence-electron chi connectivity index (χ3n) is 2.90. The average Bonchev–Trinajstić information content (AvgIpc) is 2.41. The molecule has 1 saturated heterocycles. The van der Waals surface area contributed by atoms with E-state index >= 15 is 0 Å². The second-order valence-corrected chi connectivity index (χ2v) is 4.29. The van der Waals surface area contributed by atoms with E-state index in [2.05, 4.69) is 5.32 Å². The van der Waals surface area contributed by atoms with Crippen molar-refractivity contribution in [2.75, 3.05) is 26.2 Å². The first-order valence-corrected chi connectivity index (χ1v) is 6.08. The molecule has 1 aromatic carbocycles. The van der Waals surface area contributed by atoms with E-state index in [0.29, 0.717) is 18.8 Å². The number of hydrogen-bond acceptors (Lipinski definition) is 3. The third-order valence-corrected chi connectivity index (χ3v) is 2.90. The fraction of sp³-hybridized carbons (Fsp3) is 0.462. The highest BCUT2D eigenvalue weighted by Gasteiger charge is 2.23. The molecule has 0 bridgehead atoms. The number of nitrogens with one attached hydrogen (secondary N) is 1. The number of amides is 1. The van der Waals surface area contributed by atoms with E-state index in [4.69, 9.17) is 4.74 Å². The zero-order chi connectivity index (χ0) is 13.0. The fourth-order valence-electron chi connectivity index (χ4n) is 1.91. The molecule has 2 rings (SSSR count). The van der Waals surface area contributed by atoms with Crippen LogP contribution in [0, 0.1) is 5.82 Å². The maximum Gasteiger partial charge on any atom is 0.263 e. The standard InChI is InChI=1S/C13H17FN2O2/c1-10(13(17)16-8-6-15-7-9-16)18-12-4-2-11(14)3-5-12/h2-5,10,15H,6-9H2,1H3. The molecular formula is C13H17FN2O2. The molecule has 0 aromatic heterocycles. The number of hydrogen-bond donors (Lipinski definition) is 1. The number of ether oxygens (including phenoxy) is 1. The molecule has 0 radical (unpaired) electrons. The molecule has 1 aromatic rings. The molecule has 0 aliphatic carbocycles. The Hall–Kier alpha value is -1.62. The lowest BCUT2D eigenvalue weighted by Crippen LogP contribution is -2.50. The van der Waals surface area contributed by atoms with Crippen LogP contribution in [-0.2, 0) is 4.79 Å². The molecule has 1 amide bonds. The lowest BCUT2D eigenvalue weighted by atomic mass is 10.2. The van der Waals surface area contributed by atoms with Crippen molar-refractivity contribution in [2.24, 2.45) is 0 Å². The maximum atomic E-state index is 12.7. The Balaban J connectivity index is 1.92. The lowest BCUT2D eigenvalue weighted by Gasteiger charge is -2.29. The number of halogens is 1. The molecular weight excluding hydrogens is 235 g/mol. The Labute approximate surface area is 106 Å².